The van der Waals surface area contributed by atoms with E-state index in [4.69, 9.17) is 19.0 Å². The van der Waals surface area contributed by atoms with E-state index >= 15 is 0 Å². The number of fused-ring (bicyclic) bond motifs is 2. The molecule has 4 heterocycles. The fourth-order valence-electron chi connectivity index (χ4n) is 8.29. The van der Waals surface area contributed by atoms with Gasteiger partial charge in [-0.2, -0.15) is 0 Å². The first-order chi connectivity index (χ1) is 32.9. The van der Waals surface area contributed by atoms with Gasteiger partial charge < -0.3 is 24.6 Å². The van der Waals surface area contributed by atoms with Crippen molar-refractivity contribution in [1.82, 2.24) is 20.2 Å². The van der Waals surface area contributed by atoms with E-state index in [1.165, 1.54) is 35.1 Å². The SMILES string of the molecule is CO/N=C(\C(=O)NC1C(=O)N2C(C(=O)OC(c3ccccc3)c3ccccc3)=C(Sc3nc4ccccc4o3)CS[C@H]12)c1csc(NC(c2ccccc2)(c2ccccc2)c2ccccc2)n1. The van der Waals surface area contributed by atoms with Crippen molar-refractivity contribution < 1.29 is 28.4 Å². The third kappa shape index (κ3) is 8.60. The van der Waals surface area contributed by atoms with Crippen molar-refractivity contribution >= 4 is 74.6 Å². The molecule has 1 fully saturated rings. The summed E-state index contributed by atoms with van der Waals surface area (Å²) in [4.78, 5) is 60.0. The molecule has 0 bridgehead atoms. The molecule has 12 nitrogen and oxygen atoms in total. The lowest BCUT2D eigenvalue weighted by Crippen LogP contribution is -2.71. The molecule has 15 heteroatoms. The molecular weight excluding hydrogens is 901 g/mol. The van der Waals surface area contributed by atoms with Gasteiger partial charge in [0.15, 0.2) is 22.5 Å². The molecule has 2 amide bonds. The monoisotopic (exact) mass is 940 g/mol. The molecule has 6 aromatic carbocycles. The number of amides is 2. The number of thioether (sulfide) groups is 2. The highest BCUT2D eigenvalue weighted by molar-refractivity contribution is 8.06. The van der Waals surface area contributed by atoms with E-state index in [0.717, 1.165) is 39.6 Å². The second kappa shape index (κ2) is 19.2. The zero-order valence-electron chi connectivity index (χ0n) is 35.7. The van der Waals surface area contributed by atoms with Gasteiger partial charge in [0.25, 0.3) is 17.0 Å². The van der Waals surface area contributed by atoms with Crippen LogP contribution in [0.25, 0.3) is 11.1 Å². The number of oxime groups is 1. The van der Waals surface area contributed by atoms with Crippen LogP contribution in [-0.2, 0) is 29.5 Å². The maximum absolute atomic E-state index is 14.7. The molecule has 0 aliphatic carbocycles. The van der Waals surface area contributed by atoms with Gasteiger partial charge in [0.1, 0.15) is 41.0 Å². The van der Waals surface area contributed by atoms with Crippen molar-refractivity contribution in [1.29, 1.82) is 0 Å². The van der Waals surface area contributed by atoms with Crippen LogP contribution in [0.15, 0.2) is 207 Å². The van der Waals surface area contributed by atoms with E-state index in [2.05, 4.69) is 57.2 Å². The number of esters is 1. The number of nitrogens with zero attached hydrogens (tertiary/aromatic N) is 4. The second-order valence-corrected chi connectivity index (χ2v) is 18.4. The van der Waals surface area contributed by atoms with Crippen LogP contribution in [0.1, 0.15) is 39.6 Å². The van der Waals surface area contributed by atoms with E-state index in [1.54, 1.807) is 5.38 Å². The second-order valence-electron chi connectivity index (χ2n) is 15.4. The number of β-lactam (4-membered cyclic amide) rings is 1. The van der Waals surface area contributed by atoms with Crippen LogP contribution in [0.3, 0.4) is 0 Å². The van der Waals surface area contributed by atoms with Crippen LogP contribution in [0.4, 0.5) is 5.13 Å². The number of ether oxygens (including phenoxy) is 1. The molecule has 0 spiro atoms. The maximum atomic E-state index is 14.7. The minimum atomic E-state index is -1.02. The lowest BCUT2D eigenvalue weighted by molar-refractivity contribution is -0.154. The summed E-state index contributed by atoms with van der Waals surface area (Å²) < 4.78 is 12.4. The molecular formula is C52H40N6O6S3. The van der Waals surface area contributed by atoms with Crippen molar-refractivity contribution in [3.05, 3.63) is 225 Å². The lowest BCUT2D eigenvalue weighted by atomic mass is 9.77. The van der Waals surface area contributed by atoms with Gasteiger partial charge >= 0.3 is 5.97 Å². The predicted molar refractivity (Wildman–Crippen MR) is 261 cm³/mol. The number of oxazole rings is 1. The number of hydrogen-bond acceptors (Lipinski definition) is 13. The van der Waals surface area contributed by atoms with Crippen LogP contribution in [0.2, 0.25) is 0 Å². The fraction of sp³-hybridized carbons (Fsp3) is 0.115. The quantitative estimate of drug-likeness (QED) is 0.0333. The Morgan fingerprint density at radius 2 is 1.33 bits per heavy atom. The maximum Gasteiger partial charge on any atom is 0.356 e. The van der Waals surface area contributed by atoms with Crippen molar-refractivity contribution in [2.75, 3.05) is 18.2 Å². The highest BCUT2D eigenvalue weighted by Crippen LogP contribution is 2.47. The van der Waals surface area contributed by atoms with E-state index in [9.17, 15) is 14.4 Å². The molecule has 2 aliphatic heterocycles. The first kappa shape index (κ1) is 43.4. The summed E-state index contributed by atoms with van der Waals surface area (Å²) >= 11 is 3.87. The molecule has 2 N–H and O–H groups in total. The molecule has 1 unspecified atom stereocenters. The number of thiazole rings is 1. The summed E-state index contributed by atoms with van der Waals surface area (Å²) in [5.41, 5.74) is 5.01. The Morgan fingerprint density at radius 1 is 0.776 bits per heavy atom. The number of carbonyl (C=O) groups excluding carboxylic acids is 3. The molecule has 1 saturated heterocycles. The number of aromatic nitrogens is 2. The number of nitrogens with one attached hydrogen (secondary N) is 2. The lowest BCUT2D eigenvalue weighted by Gasteiger charge is -2.49. The van der Waals surface area contributed by atoms with Crippen LogP contribution >= 0.6 is 34.9 Å². The first-order valence-electron chi connectivity index (χ1n) is 21.3. The summed E-state index contributed by atoms with van der Waals surface area (Å²) in [7, 11) is 1.34. The van der Waals surface area contributed by atoms with Crippen molar-refractivity contribution in [2.24, 2.45) is 5.16 Å². The largest absolute Gasteiger partial charge is 0.448 e. The van der Waals surface area contributed by atoms with Crippen molar-refractivity contribution in [3.8, 4) is 0 Å². The number of rotatable bonds is 15. The van der Waals surface area contributed by atoms with Crippen molar-refractivity contribution in [3.63, 3.8) is 0 Å². The first-order valence-corrected chi connectivity index (χ1v) is 24.0. The number of anilines is 1. The van der Waals surface area contributed by atoms with Gasteiger partial charge in [-0.1, -0.05) is 169 Å². The number of benzene rings is 6. The fourth-order valence-corrected chi connectivity index (χ4v) is 11.4. The Bertz CT molecular complexity index is 2950. The van der Waals surface area contributed by atoms with E-state index < -0.39 is 40.8 Å². The van der Waals surface area contributed by atoms with E-state index in [1.807, 2.05) is 140 Å². The highest BCUT2D eigenvalue weighted by atomic mass is 32.2. The van der Waals surface area contributed by atoms with Gasteiger partial charge in [-0.05, 0) is 51.7 Å². The smallest absolute Gasteiger partial charge is 0.356 e. The molecule has 2 atom stereocenters. The van der Waals surface area contributed by atoms with E-state index in [0.29, 0.717) is 32.1 Å². The Labute approximate surface area is 398 Å². The number of carbonyl (C=O) groups is 3. The number of para-hydroxylation sites is 2. The zero-order chi connectivity index (χ0) is 45.7. The molecule has 2 aliphatic rings. The summed E-state index contributed by atoms with van der Waals surface area (Å²) in [6.45, 7) is 0. The van der Waals surface area contributed by atoms with Gasteiger partial charge in [-0.3, -0.25) is 14.5 Å². The van der Waals surface area contributed by atoms with Gasteiger partial charge in [-0.25, -0.2) is 14.8 Å². The van der Waals surface area contributed by atoms with Gasteiger partial charge in [-0.15, -0.1) is 23.1 Å². The predicted octanol–water partition coefficient (Wildman–Crippen LogP) is 9.78. The third-order valence-corrected chi connectivity index (χ3v) is 14.5. The van der Waals surface area contributed by atoms with Crippen LogP contribution in [0, 0.1) is 0 Å². The van der Waals surface area contributed by atoms with Crippen LogP contribution < -0.4 is 10.6 Å². The summed E-state index contributed by atoms with van der Waals surface area (Å²) in [6.07, 6.45) is -0.776. The van der Waals surface area contributed by atoms with Gasteiger partial charge in [0, 0.05) is 16.0 Å². The third-order valence-electron chi connectivity index (χ3n) is 11.4. The summed E-state index contributed by atoms with van der Waals surface area (Å²) in [5.74, 6) is -1.59. The Morgan fingerprint density at radius 3 is 1.90 bits per heavy atom. The van der Waals surface area contributed by atoms with Gasteiger partial charge in [0.05, 0.1) is 0 Å². The highest BCUT2D eigenvalue weighted by Gasteiger charge is 2.55. The summed E-state index contributed by atoms with van der Waals surface area (Å²) in [6, 6.07) is 55.5. The molecule has 67 heavy (non-hydrogen) atoms. The standard InChI is InChI=1S/C52H40N6O6S3/c1-62-57-42(39-31-66-50(53-39)56-52(35-23-11-4-12-24-35,36-25-13-5-14-26-36)37-27-15-6-16-28-37)46(59)55-43-47(60)58-44(41(32-65-48(43)58)67-51-54-38-29-17-18-30-40(38)63-51)49(61)64-45(33-19-7-2-8-20-33)34-21-9-3-10-22-34/h2-31,43,45,48H,32H2,1H3,(H,53,56)(H,55,59)/b57-42-/t43?,48-/m1/s1. The Hall–Kier alpha value is -7.46. The van der Waals surface area contributed by atoms with E-state index in [-0.39, 0.29) is 17.1 Å². The van der Waals surface area contributed by atoms with Gasteiger partial charge in [0.2, 0.25) is 0 Å². The Balaban J connectivity index is 0.934. The molecule has 2 aromatic heterocycles. The molecule has 8 aromatic rings. The average Bonchev–Trinajstić information content (AvgIpc) is 4.03. The molecule has 10 rings (SSSR count). The zero-order valence-corrected chi connectivity index (χ0v) is 38.2. The molecule has 0 radical (unpaired) electrons. The van der Waals surface area contributed by atoms with Crippen LogP contribution in [0.5, 0.6) is 0 Å². The number of hydrogen-bond donors (Lipinski definition) is 2. The molecule has 332 valence electrons. The van der Waals surface area contributed by atoms with Crippen molar-refractivity contribution in [2.45, 2.75) is 28.3 Å². The minimum absolute atomic E-state index is 0.0584. The minimum Gasteiger partial charge on any atom is -0.448 e. The average molecular weight is 941 g/mol. The van der Waals surface area contributed by atoms with Crippen LogP contribution in [-0.4, -0.2) is 62.6 Å². The summed E-state index contributed by atoms with van der Waals surface area (Å²) in [5, 5.41) is 12.6. The topological polar surface area (TPSA) is 148 Å². The Kier molecular flexibility index (Phi) is 12.4. The molecule has 0 saturated carbocycles. The normalized spacial score (nSPS) is 16.1.